The number of nitrogens with two attached hydrogens (primary N) is 1. The average Bonchev–Trinajstić information content (AvgIpc) is 3.24. The van der Waals surface area contributed by atoms with E-state index < -0.39 is 12.6 Å². The molecule has 1 aliphatic heterocycles. The number of aryl methyl sites for hydroxylation is 3. The number of allylic oxidation sites excluding steroid dienone is 1. The highest BCUT2D eigenvalue weighted by Crippen LogP contribution is 2.32. The topological polar surface area (TPSA) is 97.8 Å². The molecule has 1 aliphatic rings. The number of fused-ring (bicyclic) bond motifs is 1. The van der Waals surface area contributed by atoms with Gasteiger partial charge in [-0.3, -0.25) is 4.68 Å². The molecular weight excluding hydrogens is 493 g/mol. The van der Waals surface area contributed by atoms with Crippen LogP contribution in [-0.2, 0) is 13.0 Å². The van der Waals surface area contributed by atoms with Crippen LogP contribution in [0, 0.1) is 12.8 Å². The molecule has 0 aromatic carbocycles. The van der Waals surface area contributed by atoms with E-state index in [0.29, 0.717) is 48.0 Å². The second kappa shape index (κ2) is 12.0. The summed E-state index contributed by atoms with van der Waals surface area (Å²) in [5.41, 5.74) is 10.5. The molecule has 38 heavy (non-hydrogen) atoms. The molecule has 11 heteroatoms. The van der Waals surface area contributed by atoms with Crippen molar-refractivity contribution in [2.75, 3.05) is 23.3 Å². The number of hydrogen-bond donors (Lipinski definition) is 2. The van der Waals surface area contributed by atoms with Gasteiger partial charge in [-0.1, -0.05) is 19.9 Å². The standard InChI is InChI=1S/C27H37F3N8/c1-4-9-20(31)19-10-8-14-37(17-19)26-34-23-21(5-2)36-38(15-7-6-12-27(28,29)30)24(23)25(35-26)33-22-16-18(3)11-13-32-22/h9,11,13,16,19H,4-8,10,12,14-15,17,31H2,1-3H3,(H,32,33,34,35). The van der Waals surface area contributed by atoms with Gasteiger partial charge in [-0.15, -0.1) is 0 Å². The van der Waals surface area contributed by atoms with Crippen molar-refractivity contribution < 1.29 is 13.2 Å². The molecule has 1 fully saturated rings. The van der Waals surface area contributed by atoms with Crippen molar-refractivity contribution in [1.82, 2.24) is 24.7 Å². The fourth-order valence-corrected chi connectivity index (χ4v) is 4.91. The van der Waals surface area contributed by atoms with E-state index in [2.05, 4.69) is 28.2 Å². The Morgan fingerprint density at radius 2 is 2.05 bits per heavy atom. The lowest BCUT2D eigenvalue weighted by Gasteiger charge is -2.33. The first kappa shape index (κ1) is 27.7. The van der Waals surface area contributed by atoms with E-state index in [0.717, 1.165) is 49.3 Å². The minimum atomic E-state index is -4.16. The number of anilines is 3. The third kappa shape index (κ3) is 6.73. The Labute approximate surface area is 221 Å². The predicted octanol–water partition coefficient (Wildman–Crippen LogP) is 6.04. The van der Waals surface area contributed by atoms with Gasteiger partial charge in [0, 0.05) is 43.9 Å². The lowest BCUT2D eigenvalue weighted by Crippen LogP contribution is -2.38. The van der Waals surface area contributed by atoms with Gasteiger partial charge in [0.2, 0.25) is 5.95 Å². The zero-order valence-corrected chi connectivity index (χ0v) is 22.4. The van der Waals surface area contributed by atoms with E-state index in [1.54, 1.807) is 10.9 Å². The molecule has 0 saturated carbocycles. The highest BCUT2D eigenvalue weighted by Gasteiger charge is 2.28. The van der Waals surface area contributed by atoms with Crippen LogP contribution in [0.25, 0.3) is 11.0 Å². The number of pyridine rings is 1. The molecule has 1 unspecified atom stereocenters. The van der Waals surface area contributed by atoms with Gasteiger partial charge in [0.15, 0.2) is 5.82 Å². The molecule has 1 saturated heterocycles. The van der Waals surface area contributed by atoms with Crippen LogP contribution in [0.4, 0.5) is 30.8 Å². The second-order valence-corrected chi connectivity index (χ2v) is 9.91. The smallest absolute Gasteiger partial charge is 0.389 e. The molecule has 4 heterocycles. The third-order valence-electron chi connectivity index (χ3n) is 6.84. The lowest BCUT2D eigenvalue weighted by molar-refractivity contribution is -0.135. The van der Waals surface area contributed by atoms with Crippen LogP contribution in [0.5, 0.6) is 0 Å². The molecule has 206 valence electrons. The van der Waals surface area contributed by atoms with Gasteiger partial charge < -0.3 is 16.0 Å². The minimum Gasteiger partial charge on any atom is -0.402 e. The first-order valence-corrected chi connectivity index (χ1v) is 13.4. The molecule has 8 nitrogen and oxygen atoms in total. The van der Waals surface area contributed by atoms with Crippen LogP contribution in [0.2, 0.25) is 0 Å². The second-order valence-electron chi connectivity index (χ2n) is 9.91. The number of hydrogen-bond acceptors (Lipinski definition) is 7. The first-order chi connectivity index (χ1) is 18.2. The van der Waals surface area contributed by atoms with E-state index in [1.165, 1.54) is 0 Å². The number of nitrogens with one attached hydrogen (secondary N) is 1. The maximum atomic E-state index is 12.7. The van der Waals surface area contributed by atoms with Crippen LogP contribution in [0.15, 0.2) is 30.1 Å². The van der Waals surface area contributed by atoms with Gasteiger partial charge in [-0.25, -0.2) is 9.97 Å². The number of piperidine rings is 1. The van der Waals surface area contributed by atoms with E-state index in [4.69, 9.17) is 20.8 Å². The Kier molecular flexibility index (Phi) is 8.73. The Balaban J connectivity index is 1.73. The number of aromatic nitrogens is 5. The SMILES string of the molecule is CCC=C(N)C1CCCN(c2nc(Nc3cc(C)ccn3)c3c(n2)c(CC)nn3CCCCC(F)(F)F)C1. The lowest BCUT2D eigenvalue weighted by atomic mass is 9.94. The van der Waals surface area contributed by atoms with Gasteiger partial charge in [-0.2, -0.15) is 23.3 Å². The van der Waals surface area contributed by atoms with E-state index in [9.17, 15) is 13.2 Å². The Bertz CT molecular complexity index is 1270. The van der Waals surface area contributed by atoms with Crippen molar-refractivity contribution in [3.05, 3.63) is 41.4 Å². The van der Waals surface area contributed by atoms with E-state index in [1.807, 2.05) is 26.0 Å². The number of rotatable bonds is 10. The summed E-state index contributed by atoms with van der Waals surface area (Å²) >= 11 is 0. The van der Waals surface area contributed by atoms with Gasteiger partial charge in [-0.05, 0) is 63.1 Å². The Hall–Kier alpha value is -3.37. The number of alkyl halides is 3. The summed E-state index contributed by atoms with van der Waals surface area (Å²) < 4.78 is 39.8. The first-order valence-electron chi connectivity index (χ1n) is 13.4. The summed E-state index contributed by atoms with van der Waals surface area (Å²) in [6.45, 7) is 7.94. The molecule has 0 aliphatic carbocycles. The minimum absolute atomic E-state index is 0.0370. The van der Waals surface area contributed by atoms with Crippen molar-refractivity contribution >= 4 is 28.6 Å². The average molecular weight is 531 g/mol. The fraction of sp³-hybridized carbons (Fsp3) is 0.556. The van der Waals surface area contributed by atoms with E-state index >= 15 is 0 Å². The van der Waals surface area contributed by atoms with Crippen LogP contribution >= 0.6 is 0 Å². The monoisotopic (exact) mass is 530 g/mol. The maximum Gasteiger partial charge on any atom is 0.389 e. The van der Waals surface area contributed by atoms with Gasteiger partial charge >= 0.3 is 6.18 Å². The van der Waals surface area contributed by atoms with Gasteiger partial charge in [0.05, 0.1) is 5.69 Å². The number of unbranched alkanes of at least 4 members (excludes halogenated alkanes) is 1. The van der Waals surface area contributed by atoms with Crippen LogP contribution in [-0.4, -0.2) is 44.0 Å². The number of nitrogens with zero attached hydrogens (tertiary/aromatic N) is 6. The predicted molar refractivity (Wildman–Crippen MR) is 144 cm³/mol. The molecule has 0 radical (unpaired) electrons. The van der Waals surface area contributed by atoms with Crippen molar-refractivity contribution in [3.63, 3.8) is 0 Å². The highest BCUT2D eigenvalue weighted by molar-refractivity contribution is 5.90. The molecule has 0 spiro atoms. The Morgan fingerprint density at radius 1 is 1.24 bits per heavy atom. The summed E-state index contributed by atoms with van der Waals surface area (Å²) in [4.78, 5) is 16.5. The maximum absolute atomic E-state index is 12.7. The summed E-state index contributed by atoms with van der Waals surface area (Å²) in [5.74, 6) is 2.00. The van der Waals surface area contributed by atoms with Crippen LogP contribution < -0.4 is 16.0 Å². The van der Waals surface area contributed by atoms with E-state index in [-0.39, 0.29) is 12.3 Å². The van der Waals surface area contributed by atoms with Crippen molar-refractivity contribution in [1.29, 1.82) is 0 Å². The zero-order valence-electron chi connectivity index (χ0n) is 22.4. The molecule has 1 atom stereocenters. The fourth-order valence-electron chi connectivity index (χ4n) is 4.91. The molecule has 0 bridgehead atoms. The van der Waals surface area contributed by atoms with Crippen LogP contribution in [0.1, 0.15) is 63.6 Å². The molecule has 0 amide bonds. The summed E-state index contributed by atoms with van der Waals surface area (Å²) in [7, 11) is 0. The highest BCUT2D eigenvalue weighted by atomic mass is 19.4. The van der Waals surface area contributed by atoms with Gasteiger partial charge in [0.25, 0.3) is 0 Å². The van der Waals surface area contributed by atoms with Crippen molar-refractivity contribution in [3.8, 4) is 0 Å². The molecule has 3 aromatic rings. The normalized spacial score (nSPS) is 16.8. The van der Waals surface area contributed by atoms with Gasteiger partial charge in [0.1, 0.15) is 16.9 Å². The molecule has 3 aromatic heterocycles. The summed E-state index contributed by atoms with van der Waals surface area (Å²) in [6, 6.07) is 3.83. The largest absolute Gasteiger partial charge is 0.402 e. The van der Waals surface area contributed by atoms with Crippen LogP contribution in [0.3, 0.4) is 0 Å². The summed E-state index contributed by atoms with van der Waals surface area (Å²) in [6.07, 6.45) is 2.75. The molecule has 4 rings (SSSR count). The third-order valence-corrected chi connectivity index (χ3v) is 6.84. The summed E-state index contributed by atoms with van der Waals surface area (Å²) in [5, 5.41) is 8.09. The Morgan fingerprint density at radius 3 is 2.76 bits per heavy atom. The number of halogens is 3. The molecular formula is C27H37F3N8. The quantitative estimate of drug-likeness (QED) is 0.309. The van der Waals surface area contributed by atoms with Crippen molar-refractivity contribution in [2.45, 2.75) is 78.4 Å². The zero-order chi connectivity index (χ0) is 27.3. The molecule has 3 N–H and O–H groups in total. The van der Waals surface area contributed by atoms with Crippen molar-refractivity contribution in [2.24, 2.45) is 11.7 Å².